The van der Waals surface area contributed by atoms with Crippen molar-refractivity contribution >= 4 is 45.8 Å². The lowest BCUT2D eigenvalue weighted by atomic mass is 9.88. The number of nitrogens with zero attached hydrogens (tertiary/aromatic N) is 4. The van der Waals surface area contributed by atoms with E-state index < -0.39 is 0 Å². The molecule has 29 heavy (non-hydrogen) atoms. The summed E-state index contributed by atoms with van der Waals surface area (Å²) in [6.07, 6.45) is 6.19. The second-order valence-corrected chi connectivity index (χ2v) is 8.92. The highest BCUT2D eigenvalue weighted by molar-refractivity contribution is 7.99. The van der Waals surface area contributed by atoms with E-state index in [4.69, 9.17) is 4.74 Å². The molecule has 1 aliphatic carbocycles. The van der Waals surface area contributed by atoms with Gasteiger partial charge in [0.1, 0.15) is 5.00 Å². The zero-order chi connectivity index (χ0) is 20.4. The van der Waals surface area contributed by atoms with E-state index in [1.165, 1.54) is 28.0 Å². The van der Waals surface area contributed by atoms with E-state index >= 15 is 0 Å². The van der Waals surface area contributed by atoms with Gasteiger partial charge >= 0.3 is 5.97 Å². The quantitative estimate of drug-likeness (QED) is 0.473. The van der Waals surface area contributed by atoms with Gasteiger partial charge in [0, 0.05) is 17.3 Å². The Morgan fingerprint density at radius 2 is 2.31 bits per heavy atom. The van der Waals surface area contributed by atoms with Gasteiger partial charge in [-0.1, -0.05) is 18.7 Å². The molecule has 10 heteroatoms. The fraction of sp³-hybridized carbons (Fsp3) is 0.421. The standard InChI is InChI=1S/C19H21N5O3S2/c1-3-27-17(26)15-12-6-5-11(2)9-13(12)29-16(15)21-14(25)10-28-19-22-18-20-7-4-8-24(18)23-19/h4,7-8,11H,3,5-6,9-10H2,1-2H3,(H,21,25). The van der Waals surface area contributed by atoms with Crippen LogP contribution in [0.2, 0.25) is 0 Å². The normalized spacial score (nSPS) is 15.9. The molecular formula is C19H21N5O3S2. The van der Waals surface area contributed by atoms with Gasteiger partial charge in [-0.25, -0.2) is 14.3 Å². The van der Waals surface area contributed by atoms with Gasteiger partial charge in [-0.2, -0.15) is 4.98 Å². The second-order valence-electron chi connectivity index (χ2n) is 6.87. The van der Waals surface area contributed by atoms with Crippen molar-refractivity contribution in [3.8, 4) is 0 Å². The van der Waals surface area contributed by atoms with E-state index in [2.05, 4.69) is 27.3 Å². The summed E-state index contributed by atoms with van der Waals surface area (Å²) < 4.78 is 6.81. The topological polar surface area (TPSA) is 98.5 Å². The molecule has 1 atom stereocenters. The van der Waals surface area contributed by atoms with Gasteiger partial charge in [-0.05, 0) is 43.7 Å². The highest BCUT2D eigenvalue weighted by atomic mass is 32.2. The number of ether oxygens (including phenoxy) is 1. The Morgan fingerprint density at radius 3 is 3.10 bits per heavy atom. The van der Waals surface area contributed by atoms with Crippen molar-refractivity contribution in [2.75, 3.05) is 17.7 Å². The molecular weight excluding hydrogens is 410 g/mol. The van der Waals surface area contributed by atoms with Crippen LogP contribution in [-0.2, 0) is 22.4 Å². The number of carbonyl (C=O) groups is 2. The molecule has 0 saturated carbocycles. The largest absolute Gasteiger partial charge is 0.462 e. The number of anilines is 1. The van der Waals surface area contributed by atoms with Crippen LogP contribution in [0.4, 0.5) is 5.00 Å². The van der Waals surface area contributed by atoms with Gasteiger partial charge in [0.15, 0.2) is 0 Å². The van der Waals surface area contributed by atoms with Crippen molar-refractivity contribution in [3.05, 3.63) is 34.5 Å². The van der Waals surface area contributed by atoms with E-state index in [1.807, 2.05) is 0 Å². The third kappa shape index (κ3) is 4.27. The first-order valence-electron chi connectivity index (χ1n) is 9.46. The zero-order valence-electron chi connectivity index (χ0n) is 16.2. The molecule has 1 aliphatic rings. The van der Waals surface area contributed by atoms with Crippen LogP contribution in [-0.4, -0.2) is 43.8 Å². The first-order chi connectivity index (χ1) is 14.0. The third-order valence-corrected chi connectivity index (χ3v) is 6.68. The Labute approximate surface area is 176 Å². The van der Waals surface area contributed by atoms with Gasteiger partial charge in [-0.3, -0.25) is 4.79 Å². The number of rotatable bonds is 6. The summed E-state index contributed by atoms with van der Waals surface area (Å²) in [4.78, 5) is 34.7. The minimum absolute atomic E-state index is 0.137. The molecule has 3 aromatic heterocycles. The summed E-state index contributed by atoms with van der Waals surface area (Å²) >= 11 is 2.71. The average Bonchev–Trinajstić information content (AvgIpc) is 3.26. The third-order valence-electron chi connectivity index (χ3n) is 4.67. The molecule has 0 bridgehead atoms. The lowest BCUT2D eigenvalue weighted by Gasteiger charge is -2.18. The number of fused-ring (bicyclic) bond motifs is 2. The lowest BCUT2D eigenvalue weighted by molar-refractivity contribution is -0.113. The molecule has 1 amide bonds. The molecule has 3 aromatic rings. The predicted molar refractivity (Wildman–Crippen MR) is 112 cm³/mol. The van der Waals surface area contributed by atoms with Crippen molar-refractivity contribution < 1.29 is 14.3 Å². The molecule has 0 radical (unpaired) electrons. The maximum Gasteiger partial charge on any atom is 0.341 e. The molecule has 0 saturated heterocycles. The Hall–Kier alpha value is -2.46. The number of hydrogen-bond donors (Lipinski definition) is 1. The van der Waals surface area contributed by atoms with E-state index in [0.29, 0.717) is 34.0 Å². The molecule has 1 unspecified atom stereocenters. The van der Waals surface area contributed by atoms with E-state index in [-0.39, 0.29) is 17.6 Å². The molecule has 0 aromatic carbocycles. The average molecular weight is 432 g/mol. The number of amides is 1. The lowest BCUT2D eigenvalue weighted by Crippen LogP contribution is -2.17. The fourth-order valence-corrected chi connectivity index (χ4v) is 5.37. The Kier molecular flexibility index (Phi) is 5.81. The Bertz CT molecular complexity index is 1030. The van der Waals surface area contributed by atoms with Crippen molar-refractivity contribution in [2.45, 2.75) is 38.3 Å². The summed E-state index contributed by atoms with van der Waals surface area (Å²) in [5.41, 5.74) is 1.55. The van der Waals surface area contributed by atoms with Gasteiger partial charge in [0.25, 0.3) is 5.78 Å². The molecule has 1 N–H and O–H groups in total. The summed E-state index contributed by atoms with van der Waals surface area (Å²) in [6.45, 7) is 4.29. The zero-order valence-corrected chi connectivity index (χ0v) is 17.8. The first-order valence-corrected chi connectivity index (χ1v) is 11.3. The van der Waals surface area contributed by atoms with Crippen LogP contribution in [0.3, 0.4) is 0 Å². The highest BCUT2D eigenvalue weighted by Gasteiger charge is 2.29. The second kappa shape index (κ2) is 8.50. The number of thioether (sulfide) groups is 1. The molecule has 8 nitrogen and oxygen atoms in total. The van der Waals surface area contributed by atoms with Crippen LogP contribution in [0.25, 0.3) is 5.78 Å². The maximum absolute atomic E-state index is 12.6. The first kappa shape index (κ1) is 19.8. The maximum atomic E-state index is 12.6. The number of carbonyl (C=O) groups excluding carboxylic acids is 2. The SMILES string of the molecule is CCOC(=O)c1c(NC(=O)CSc2nc3ncccn3n2)sc2c1CCC(C)C2. The highest BCUT2D eigenvalue weighted by Crippen LogP contribution is 2.40. The smallest absolute Gasteiger partial charge is 0.341 e. The molecule has 0 aliphatic heterocycles. The summed E-state index contributed by atoms with van der Waals surface area (Å²) in [5, 5.41) is 8.24. The predicted octanol–water partition coefficient (Wildman–Crippen LogP) is 3.22. The van der Waals surface area contributed by atoms with E-state index in [1.54, 1.807) is 29.9 Å². The van der Waals surface area contributed by atoms with Crippen LogP contribution in [0.1, 0.15) is 41.1 Å². The van der Waals surface area contributed by atoms with E-state index in [9.17, 15) is 9.59 Å². The van der Waals surface area contributed by atoms with Crippen molar-refractivity contribution in [2.24, 2.45) is 5.92 Å². The van der Waals surface area contributed by atoms with Gasteiger partial charge < -0.3 is 10.1 Å². The summed E-state index contributed by atoms with van der Waals surface area (Å²) in [5.74, 6) is 0.623. The van der Waals surface area contributed by atoms with E-state index in [0.717, 1.165) is 24.8 Å². The van der Waals surface area contributed by atoms with Crippen LogP contribution in [0.5, 0.6) is 0 Å². The van der Waals surface area contributed by atoms with Crippen LogP contribution in [0, 0.1) is 5.92 Å². The van der Waals surface area contributed by atoms with Crippen molar-refractivity contribution in [3.63, 3.8) is 0 Å². The van der Waals surface area contributed by atoms with Gasteiger partial charge in [-0.15, -0.1) is 16.4 Å². The molecule has 152 valence electrons. The monoisotopic (exact) mass is 431 g/mol. The molecule has 4 rings (SSSR count). The fourth-order valence-electron chi connectivity index (χ4n) is 3.33. The molecule has 0 fully saturated rings. The minimum Gasteiger partial charge on any atom is -0.462 e. The Morgan fingerprint density at radius 1 is 1.45 bits per heavy atom. The summed E-state index contributed by atoms with van der Waals surface area (Å²) in [6, 6.07) is 1.76. The van der Waals surface area contributed by atoms with Crippen molar-refractivity contribution in [1.82, 2.24) is 19.6 Å². The molecule has 0 spiro atoms. The number of aromatic nitrogens is 4. The number of thiophene rings is 1. The van der Waals surface area contributed by atoms with Crippen LogP contribution < -0.4 is 5.32 Å². The minimum atomic E-state index is -0.365. The summed E-state index contributed by atoms with van der Waals surface area (Å²) in [7, 11) is 0. The van der Waals surface area contributed by atoms with Crippen LogP contribution >= 0.6 is 23.1 Å². The number of hydrogen-bond acceptors (Lipinski definition) is 8. The number of nitrogens with one attached hydrogen (secondary N) is 1. The van der Waals surface area contributed by atoms with Crippen LogP contribution in [0.15, 0.2) is 23.6 Å². The molecule has 3 heterocycles. The van der Waals surface area contributed by atoms with Gasteiger partial charge in [0.05, 0.1) is 17.9 Å². The van der Waals surface area contributed by atoms with Gasteiger partial charge in [0.2, 0.25) is 11.1 Å². The van der Waals surface area contributed by atoms with Crippen molar-refractivity contribution in [1.29, 1.82) is 0 Å². The Balaban J connectivity index is 1.48. The number of esters is 1.